The van der Waals surface area contributed by atoms with E-state index in [2.05, 4.69) is 5.32 Å². The molecule has 1 saturated heterocycles. The fourth-order valence-electron chi connectivity index (χ4n) is 2.17. The van der Waals surface area contributed by atoms with E-state index in [9.17, 15) is 14.4 Å². The van der Waals surface area contributed by atoms with Crippen molar-refractivity contribution in [2.75, 3.05) is 13.6 Å². The minimum Gasteiger partial charge on any atom is -0.363 e. The Hall–Kier alpha value is -1.43. The third kappa shape index (κ3) is 3.03. The first-order valence-electron chi connectivity index (χ1n) is 5.68. The molecule has 3 N–H and O–H groups in total. The summed E-state index contributed by atoms with van der Waals surface area (Å²) in [5, 5.41) is 2.53. The Morgan fingerprint density at radius 2 is 2.00 bits per heavy atom. The molecule has 6 heteroatoms. The smallest absolute Gasteiger partial charge is 0.287 e. The van der Waals surface area contributed by atoms with Crippen LogP contribution in [0.4, 0.5) is 0 Å². The summed E-state index contributed by atoms with van der Waals surface area (Å²) in [7, 11) is 1.87. The van der Waals surface area contributed by atoms with Crippen molar-refractivity contribution in [3.63, 3.8) is 0 Å². The topological polar surface area (TPSA) is 92.5 Å². The quantitative estimate of drug-likeness (QED) is 0.610. The highest BCUT2D eigenvalue weighted by molar-refractivity contribution is 6.37. The maximum absolute atomic E-state index is 11.9. The van der Waals surface area contributed by atoms with E-state index in [1.54, 1.807) is 0 Å². The lowest BCUT2D eigenvalue weighted by molar-refractivity contribution is -0.138. The second-order valence-corrected chi connectivity index (χ2v) is 4.65. The van der Waals surface area contributed by atoms with Gasteiger partial charge in [0.2, 0.25) is 11.7 Å². The number of nitrogens with two attached hydrogens (primary N) is 1. The molecule has 2 amide bonds. The monoisotopic (exact) mass is 241 g/mol. The third-order valence-corrected chi connectivity index (χ3v) is 3.21. The maximum Gasteiger partial charge on any atom is 0.287 e. The number of hydrogen-bond donors (Lipinski definition) is 2. The number of likely N-dealkylation sites (tertiary alicyclic amines) is 1. The van der Waals surface area contributed by atoms with Gasteiger partial charge in [-0.05, 0) is 32.9 Å². The fraction of sp³-hybridized carbons (Fsp3) is 0.727. The minimum atomic E-state index is -1.02. The molecule has 0 aromatic carbocycles. The summed E-state index contributed by atoms with van der Waals surface area (Å²) in [6.07, 6.45) is 0.951. The third-order valence-electron chi connectivity index (χ3n) is 3.21. The summed E-state index contributed by atoms with van der Waals surface area (Å²) >= 11 is 0. The number of Topliss-reactive ketones (excluding diaryl/α,β-unsaturated/α-hetero) is 1. The molecule has 3 atom stereocenters. The van der Waals surface area contributed by atoms with Crippen molar-refractivity contribution < 1.29 is 14.4 Å². The van der Waals surface area contributed by atoms with E-state index >= 15 is 0 Å². The van der Waals surface area contributed by atoms with E-state index in [0.717, 1.165) is 13.0 Å². The van der Waals surface area contributed by atoms with Crippen LogP contribution in [-0.4, -0.2) is 48.2 Å². The number of hydrogen-bond acceptors (Lipinski definition) is 4. The van der Waals surface area contributed by atoms with Crippen molar-refractivity contribution >= 4 is 17.6 Å². The number of primary amides is 1. The molecular formula is C11H19N3O3. The minimum absolute atomic E-state index is 0.223. The lowest BCUT2D eigenvalue weighted by Crippen LogP contribution is -2.51. The molecule has 0 aromatic rings. The molecule has 1 heterocycles. The van der Waals surface area contributed by atoms with Crippen molar-refractivity contribution in [2.45, 2.75) is 32.4 Å². The summed E-state index contributed by atoms with van der Waals surface area (Å²) in [6.45, 7) is 4.32. The molecule has 0 saturated carbocycles. The van der Waals surface area contributed by atoms with E-state index in [4.69, 9.17) is 5.73 Å². The first-order chi connectivity index (χ1) is 7.84. The largest absolute Gasteiger partial charge is 0.363 e. The summed E-state index contributed by atoms with van der Waals surface area (Å²) in [5.41, 5.74) is 4.87. The van der Waals surface area contributed by atoms with E-state index in [1.165, 1.54) is 6.92 Å². The van der Waals surface area contributed by atoms with Crippen LogP contribution in [0.15, 0.2) is 0 Å². The molecule has 96 valence electrons. The Morgan fingerprint density at radius 1 is 1.41 bits per heavy atom. The highest BCUT2D eigenvalue weighted by Crippen LogP contribution is 2.22. The van der Waals surface area contributed by atoms with Gasteiger partial charge in [0.15, 0.2) is 0 Å². The molecule has 17 heavy (non-hydrogen) atoms. The van der Waals surface area contributed by atoms with Crippen LogP contribution in [0.25, 0.3) is 0 Å². The molecule has 1 rings (SSSR count). The van der Waals surface area contributed by atoms with Gasteiger partial charge in [0.25, 0.3) is 5.91 Å². The Bertz CT molecular complexity index is 333. The lowest BCUT2D eigenvalue weighted by Gasteiger charge is -2.23. The van der Waals surface area contributed by atoms with E-state index < -0.39 is 17.7 Å². The van der Waals surface area contributed by atoms with Gasteiger partial charge in [0.05, 0.1) is 12.1 Å². The van der Waals surface area contributed by atoms with Gasteiger partial charge in [0.1, 0.15) is 0 Å². The second kappa shape index (κ2) is 5.27. The number of nitrogens with zero attached hydrogens (tertiary/aromatic N) is 1. The van der Waals surface area contributed by atoms with E-state index in [-0.39, 0.29) is 17.9 Å². The van der Waals surface area contributed by atoms with Crippen LogP contribution in [0.3, 0.4) is 0 Å². The fourth-order valence-corrected chi connectivity index (χ4v) is 2.17. The molecule has 3 unspecified atom stereocenters. The van der Waals surface area contributed by atoms with Crippen LogP contribution in [0.5, 0.6) is 0 Å². The van der Waals surface area contributed by atoms with Crippen molar-refractivity contribution in [1.29, 1.82) is 0 Å². The Kier molecular flexibility index (Phi) is 4.22. The average molecular weight is 241 g/mol. The standard InChI is InChI=1S/C11H19N3O3/c1-6-4-5-14(3)8(6)11(17)13-7(2)9(15)10(12)16/h6-8H,4-5H2,1-3H3,(H2,12,16)(H,13,17). The van der Waals surface area contributed by atoms with Crippen LogP contribution < -0.4 is 11.1 Å². The molecule has 1 aliphatic heterocycles. The van der Waals surface area contributed by atoms with Crippen LogP contribution in [-0.2, 0) is 14.4 Å². The number of carbonyl (C=O) groups is 3. The van der Waals surface area contributed by atoms with Crippen molar-refractivity contribution in [3.05, 3.63) is 0 Å². The predicted molar refractivity (Wildman–Crippen MR) is 62.0 cm³/mol. The van der Waals surface area contributed by atoms with Gasteiger partial charge in [-0.3, -0.25) is 19.3 Å². The Labute approximate surface area is 101 Å². The van der Waals surface area contributed by atoms with Crippen LogP contribution in [0, 0.1) is 5.92 Å². The molecule has 0 radical (unpaired) electrons. The van der Waals surface area contributed by atoms with Crippen LogP contribution >= 0.6 is 0 Å². The van der Waals surface area contributed by atoms with Gasteiger partial charge in [-0.2, -0.15) is 0 Å². The molecule has 0 aromatic heterocycles. The molecule has 0 bridgehead atoms. The van der Waals surface area contributed by atoms with Gasteiger partial charge in [-0.15, -0.1) is 0 Å². The first kappa shape index (κ1) is 13.6. The molecule has 1 aliphatic rings. The van der Waals surface area contributed by atoms with Gasteiger partial charge >= 0.3 is 0 Å². The number of ketones is 1. The van der Waals surface area contributed by atoms with Gasteiger partial charge in [-0.1, -0.05) is 6.92 Å². The maximum atomic E-state index is 11.9. The van der Waals surface area contributed by atoms with Crippen molar-refractivity contribution in [1.82, 2.24) is 10.2 Å². The molecule has 0 aliphatic carbocycles. The first-order valence-corrected chi connectivity index (χ1v) is 5.68. The second-order valence-electron chi connectivity index (χ2n) is 4.65. The summed E-state index contributed by atoms with van der Waals surface area (Å²) in [6, 6.07) is -1.10. The lowest BCUT2D eigenvalue weighted by atomic mass is 10.0. The van der Waals surface area contributed by atoms with Gasteiger partial charge in [-0.25, -0.2) is 0 Å². The SMILES string of the molecule is CC(NC(=O)C1C(C)CCN1C)C(=O)C(N)=O. The van der Waals surface area contributed by atoms with Crippen molar-refractivity contribution in [2.24, 2.45) is 11.7 Å². The molecule has 1 fully saturated rings. The van der Waals surface area contributed by atoms with E-state index in [0.29, 0.717) is 0 Å². The zero-order chi connectivity index (χ0) is 13.2. The summed E-state index contributed by atoms with van der Waals surface area (Å²) < 4.78 is 0. The summed E-state index contributed by atoms with van der Waals surface area (Å²) in [4.78, 5) is 35.8. The van der Waals surface area contributed by atoms with Crippen LogP contribution in [0.1, 0.15) is 20.3 Å². The van der Waals surface area contributed by atoms with Crippen LogP contribution in [0.2, 0.25) is 0 Å². The molecular weight excluding hydrogens is 222 g/mol. The van der Waals surface area contributed by atoms with Gasteiger partial charge in [0, 0.05) is 0 Å². The molecule has 0 spiro atoms. The van der Waals surface area contributed by atoms with E-state index in [1.807, 2.05) is 18.9 Å². The average Bonchev–Trinajstić information content (AvgIpc) is 2.56. The number of rotatable bonds is 4. The Morgan fingerprint density at radius 3 is 2.41 bits per heavy atom. The zero-order valence-electron chi connectivity index (χ0n) is 10.4. The van der Waals surface area contributed by atoms with Crippen molar-refractivity contribution in [3.8, 4) is 0 Å². The van der Waals surface area contributed by atoms with Gasteiger partial charge < -0.3 is 11.1 Å². The predicted octanol–water partition coefficient (Wildman–Crippen LogP) is -1.11. The number of likely N-dealkylation sites (N-methyl/N-ethyl adjacent to an activating group) is 1. The highest BCUT2D eigenvalue weighted by atomic mass is 16.2. The summed E-state index contributed by atoms with van der Waals surface area (Å²) in [5.74, 6) is -1.77. The highest BCUT2D eigenvalue weighted by Gasteiger charge is 2.35. The zero-order valence-corrected chi connectivity index (χ0v) is 10.4. The number of carbonyl (C=O) groups excluding carboxylic acids is 3. The number of nitrogens with one attached hydrogen (secondary N) is 1. The Balaban J connectivity index is 2.60. The normalized spacial score (nSPS) is 26.5. The number of amides is 2. The molecule has 6 nitrogen and oxygen atoms in total.